The van der Waals surface area contributed by atoms with Gasteiger partial charge >= 0.3 is 0 Å². The summed E-state index contributed by atoms with van der Waals surface area (Å²) in [5.41, 5.74) is 10.00. The van der Waals surface area contributed by atoms with E-state index in [1.165, 1.54) is 5.56 Å². The van der Waals surface area contributed by atoms with E-state index in [1.54, 1.807) is 12.1 Å². The maximum Gasteiger partial charge on any atom is 0.300 e. The summed E-state index contributed by atoms with van der Waals surface area (Å²) in [6, 6.07) is 13.9. The van der Waals surface area contributed by atoms with Gasteiger partial charge in [0.15, 0.2) is 5.58 Å². The van der Waals surface area contributed by atoms with Crippen molar-refractivity contribution in [2.24, 2.45) is 0 Å². The fourth-order valence-electron chi connectivity index (χ4n) is 1.76. The number of aromatic nitrogens is 1. The largest absolute Gasteiger partial charge is 0.423 e. The summed E-state index contributed by atoms with van der Waals surface area (Å²) in [6.07, 6.45) is 0. The highest BCUT2D eigenvalue weighted by Crippen LogP contribution is 2.23. The molecule has 0 radical (unpaired) electrons. The predicted octanol–water partition coefficient (Wildman–Crippen LogP) is 3.46. The average molecular weight is 239 g/mol. The molecule has 3 N–H and O–H groups in total. The van der Waals surface area contributed by atoms with Gasteiger partial charge in [-0.2, -0.15) is 4.98 Å². The number of nitrogens with two attached hydrogens (primary N) is 1. The van der Waals surface area contributed by atoms with E-state index in [0.717, 1.165) is 11.2 Å². The molecule has 0 spiro atoms. The number of fused-ring (bicyclic) bond motifs is 1. The molecule has 0 aliphatic rings. The minimum Gasteiger partial charge on any atom is -0.423 e. The molecule has 0 bridgehead atoms. The monoisotopic (exact) mass is 239 g/mol. The van der Waals surface area contributed by atoms with Crippen LogP contribution in [0.25, 0.3) is 11.1 Å². The molecule has 0 aliphatic heterocycles. The number of hydrogen-bond donors (Lipinski definition) is 2. The number of hydrogen-bond acceptors (Lipinski definition) is 4. The van der Waals surface area contributed by atoms with Crippen molar-refractivity contribution in [3.05, 3.63) is 48.0 Å². The predicted molar refractivity (Wildman–Crippen MR) is 72.9 cm³/mol. The molecule has 0 amide bonds. The van der Waals surface area contributed by atoms with Crippen molar-refractivity contribution in [1.29, 1.82) is 0 Å². The number of nitrogens with zero attached hydrogens (tertiary/aromatic N) is 1. The Morgan fingerprint density at radius 3 is 2.67 bits per heavy atom. The highest BCUT2D eigenvalue weighted by molar-refractivity contribution is 5.78. The maximum atomic E-state index is 5.69. The summed E-state index contributed by atoms with van der Waals surface area (Å²) < 4.78 is 5.58. The van der Waals surface area contributed by atoms with Gasteiger partial charge in [0.1, 0.15) is 5.52 Å². The lowest BCUT2D eigenvalue weighted by atomic mass is 10.2. The van der Waals surface area contributed by atoms with Crippen molar-refractivity contribution < 1.29 is 4.42 Å². The number of anilines is 3. The lowest BCUT2D eigenvalue weighted by Crippen LogP contribution is -1.89. The number of nitrogen functional groups attached to an aromatic ring is 1. The SMILES string of the molecule is Cc1ccc(Nc2nc3ccc(N)cc3o2)cc1. The Labute approximate surface area is 104 Å². The molecular weight excluding hydrogens is 226 g/mol. The molecule has 0 saturated carbocycles. The molecule has 0 fully saturated rings. The van der Waals surface area contributed by atoms with Crippen LogP contribution in [0.1, 0.15) is 5.56 Å². The van der Waals surface area contributed by atoms with Crippen molar-refractivity contribution in [2.45, 2.75) is 6.92 Å². The van der Waals surface area contributed by atoms with Crippen LogP contribution in [0.3, 0.4) is 0 Å². The van der Waals surface area contributed by atoms with Crippen LogP contribution < -0.4 is 11.1 Å². The van der Waals surface area contributed by atoms with Crippen LogP contribution in [0.5, 0.6) is 0 Å². The molecule has 0 aliphatic carbocycles. The molecule has 18 heavy (non-hydrogen) atoms. The Kier molecular flexibility index (Phi) is 2.41. The lowest BCUT2D eigenvalue weighted by molar-refractivity contribution is 0.623. The van der Waals surface area contributed by atoms with Crippen molar-refractivity contribution >= 4 is 28.5 Å². The molecule has 2 aromatic carbocycles. The molecule has 90 valence electrons. The summed E-state index contributed by atoms with van der Waals surface area (Å²) in [6.45, 7) is 2.05. The van der Waals surface area contributed by atoms with Gasteiger partial charge in [0.25, 0.3) is 6.01 Å². The van der Waals surface area contributed by atoms with Crippen LogP contribution in [0.15, 0.2) is 46.9 Å². The summed E-state index contributed by atoms with van der Waals surface area (Å²) in [7, 11) is 0. The normalized spacial score (nSPS) is 10.7. The first kappa shape index (κ1) is 10.7. The van der Waals surface area contributed by atoms with E-state index in [1.807, 2.05) is 37.3 Å². The molecule has 0 saturated heterocycles. The quantitative estimate of drug-likeness (QED) is 0.672. The average Bonchev–Trinajstić information content (AvgIpc) is 2.73. The van der Waals surface area contributed by atoms with E-state index in [4.69, 9.17) is 10.2 Å². The van der Waals surface area contributed by atoms with Crippen LogP contribution in [-0.4, -0.2) is 4.98 Å². The topological polar surface area (TPSA) is 64.1 Å². The van der Waals surface area contributed by atoms with Gasteiger partial charge in [-0.25, -0.2) is 0 Å². The standard InChI is InChI=1S/C14H13N3O/c1-9-2-5-11(6-3-9)16-14-17-12-7-4-10(15)8-13(12)18-14/h2-8H,15H2,1H3,(H,16,17). The van der Waals surface area contributed by atoms with Gasteiger partial charge in [-0.15, -0.1) is 0 Å². The van der Waals surface area contributed by atoms with Gasteiger partial charge in [0.2, 0.25) is 0 Å². The van der Waals surface area contributed by atoms with Crippen molar-refractivity contribution in [2.75, 3.05) is 11.1 Å². The van der Waals surface area contributed by atoms with Crippen LogP contribution >= 0.6 is 0 Å². The fourth-order valence-corrected chi connectivity index (χ4v) is 1.76. The molecule has 3 aromatic rings. The number of benzene rings is 2. The second-order valence-corrected chi connectivity index (χ2v) is 4.24. The number of rotatable bonds is 2. The minimum absolute atomic E-state index is 0.472. The zero-order chi connectivity index (χ0) is 12.5. The van der Waals surface area contributed by atoms with Gasteiger partial charge in [-0.05, 0) is 31.2 Å². The van der Waals surface area contributed by atoms with Crippen LogP contribution in [0.2, 0.25) is 0 Å². The van der Waals surface area contributed by atoms with Gasteiger partial charge in [-0.1, -0.05) is 17.7 Å². The van der Waals surface area contributed by atoms with Gasteiger partial charge in [0, 0.05) is 17.4 Å². The molecule has 4 nitrogen and oxygen atoms in total. The van der Waals surface area contributed by atoms with E-state index in [2.05, 4.69) is 10.3 Å². The molecule has 3 rings (SSSR count). The first-order valence-electron chi connectivity index (χ1n) is 5.70. The highest BCUT2D eigenvalue weighted by atomic mass is 16.4. The second kappa shape index (κ2) is 4.07. The summed E-state index contributed by atoms with van der Waals surface area (Å²) in [4.78, 5) is 4.34. The van der Waals surface area contributed by atoms with Crippen LogP contribution in [-0.2, 0) is 0 Å². The molecule has 0 atom stereocenters. The Bertz CT molecular complexity index is 686. The van der Waals surface area contributed by atoms with E-state index in [0.29, 0.717) is 17.3 Å². The molecular formula is C14H13N3O. The lowest BCUT2D eigenvalue weighted by Gasteiger charge is -2.00. The smallest absolute Gasteiger partial charge is 0.300 e. The number of nitrogens with one attached hydrogen (secondary N) is 1. The summed E-state index contributed by atoms with van der Waals surface area (Å²) in [5, 5.41) is 3.12. The molecule has 0 unspecified atom stereocenters. The van der Waals surface area contributed by atoms with E-state index >= 15 is 0 Å². The highest BCUT2D eigenvalue weighted by Gasteiger charge is 2.05. The Morgan fingerprint density at radius 1 is 1.11 bits per heavy atom. The van der Waals surface area contributed by atoms with Crippen LogP contribution in [0, 0.1) is 6.92 Å². The van der Waals surface area contributed by atoms with Crippen molar-refractivity contribution in [3.63, 3.8) is 0 Å². The van der Waals surface area contributed by atoms with E-state index in [-0.39, 0.29) is 0 Å². The van der Waals surface area contributed by atoms with E-state index in [9.17, 15) is 0 Å². The minimum atomic E-state index is 0.472. The molecule has 1 heterocycles. The third-order valence-electron chi connectivity index (χ3n) is 2.72. The summed E-state index contributed by atoms with van der Waals surface area (Å²) >= 11 is 0. The van der Waals surface area contributed by atoms with Crippen molar-refractivity contribution in [3.8, 4) is 0 Å². The first-order chi connectivity index (χ1) is 8.70. The number of aryl methyl sites for hydroxylation is 1. The zero-order valence-electron chi connectivity index (χ0n) is 9.97. The van der Waals surface area contributed by atoms with Gasteiger partial charge < -0.3 is 15.5 Å². The third-order valence-corrected chi connectivity index (χ3v) is 2.72. The third kappa shape index (κ3) is 2.00. The van der Waals surface area contributed by atoms with Crippen LogP contribution in [0.4, 0.5) is 17.4 Å². The Hall–Kier alpha value is -2.49. The Balaban J connectivity index is 1.92. The molecule has 4 heteroatoms. The van der Waals surface area contributed by atoms with E-state index < -0.39 is 0 Å². The second-order valence-electron chi connectivity index (χ2n) is 4.24. The first-order valence-corrected chi connectivity index (χ1v) is 5.70. The summed E-state index contributed by atoms with van der Waals surface area (Å²) in [5.74, 6) is 0. The maximum absolute atomic E-state index is 5.69. The molecule has 1 aromatic heterocycles. The fraction of sp³-hybridized carbons (Fsp3) is 0.0714. The van der Waals surface area contributed by atoms with Gasteiger partial charge in [-0.3, -0.25) is 0 Å². The zero-order valence-corrected chi connectivity index (χ0v) is 9.97. The Morgan fingerprint density at radius 2 is 1.89 bits per heavy atom. The number of oxazole rings is 1. The van der Waals surface area contributed by atoms with Gasteiger partial charge in [0.05, 0.1) is 0 Å². The van der Waals surface area contributed by atoms with Crippen molar-refractivity contribution in [1.82, 2.24) is 4.98 Å².